The van der Waals surface area contributed by atoms with Crippen molar-refractivity contribution in [2.45, 2.75) is 13.5 Å². The van der Waals surface area contributed by atoms with E-state index in [-0.39, 0.29) is 0 Å². The average Bonchev–Trinajstić information content (AvgIpc) is 3.07. The number of rotatable bonds is 6. The van der Waals surface area contributed by atoms with Crippen molar-refractivity contribution in [2.75, 3.05) is 19.5 Å². The molecule has 0 atom stereocenters. The van der Waals surface area contributed by atoms with Crippen molar-refractivity contribution < 1.29 is 9.47 Å². The maximum absolute atomic E-state index is 5.37. The van der Waals surface area contributed by atoms with E-state index in [9.17, 15) is 0 Å². The minimum atomic E-state index is 0.636. The van der Waals surface area contributed by atoms with Gasteiger partial charge in [-0.3, -0.25) is 5.10 Å². The summed E-state index contributed by atoms with van der Waals surface area (Å²) in [6.07, 6.45) is 0. The van der Waals surface area contributed by atoms with E-state index in [1.54, 1.807) is 14.2 Å². The van der Waals surface area contributed by atoms with Crippen LogP contribution in [0.4, 0.5) is 5.69 Å². The molecular formula is C18H19BrN4O2. The van der Waals surface area contributed by atoms with E-state index in [2.05, 4.69) is 36.4 Å². The van der Waals surface area contributed by atoms with Crippen LogP contribution in [0.5, 0.6) is 11.5 Å². The third kappa shape index (κ3) is 3.93. The maximum Gasteiger partial charge on any atom is 0.181 e. The minimum absolute atomic E-state index is 0.636. The molecule has 25 heavy (non-hydrogen) atoms. The zero-order chi connectivity index (χ0) is 17.8. The van der Waals surface area contributed by atoms with Gasteiger partial charge in [-0.15, -0.1) is 0 Å². The predicted octanol–water partition coefficient (Wildman–Crippen LogP) is 4.17. The fraction of sp³-hybridized carbons (Fsp3) is 0.222. The highest BCUT2D eigenvalue weighted by molar-refractivity contribution is 9.10. The lowest BCUT2D eigenvalue weighted by Crippen LogP contribution is -2.02. The van der Waals surface area contributed by atoms with Crippen molar-refractivity contribution in [2.24, 2.45) is 0 Å². The molecule has 2 aromatic carbocycles. The lowest BCUT2D eigenvalue weighted by Gasteiger charge is -2.13. The van der Waals surface area contributed by atoms with Crippen LogP contribution < -0.4 is 14.8 Å². The van der Waals surface area contributed by atoms with E-state index < -0.39 is 0 Å². The van der Waals surface area contributed by atoms with Gasteiger partial charge in [0, 0.05) is 22.3 Å². The van der Waals surface area contributed by atoms with Gasteiger partial charge in [0.2, 0.25) is 0 Å². The summed E-state index contributed by atoms with van der Waals surface area (Å²) in [7, 11) is 3.25. The molecule has 1 aromatic heterocycles. The fourth-order valence-corrected chi connectivity index (χ4v) is 2.93. The van der Waals surface area contributed by atoms with Gasteiger partial charge in [-0.1, -0.05) is 28.1 Å². The summed E-state index contributed by atoms with van der Waals surface area (Å²) in [5.41, 5.74) is 3.01. The largest absolute Gasteiger partial charge is 0.493 e. The summed E-state index contributed by atoms with van der Waals surface area (Å²) in [6.45, 7) is 2.52. The summed E-state index contributed by atoms with van der Waals surface area (Å²) in [4.78, 5) is 4.36. The molecule has 0 fully saturated rings. The number of hydrogen-bond donors (Lipinski definition) is 2. The first kappa shape index (κ1) is 17.3. The van der Waals surface area contributed by atoms with Crippen LogP contribution in [-0.2, 0) is 6.54 Å². The van der Waals surface area contributed by atoms with Gasteiger partial charge >= 0.3 is 0 Å². The van der Waals surface area contributed by atoms with Gasteiger partial charge in [0.25, 0.3) is 0 Å². The number of aryl methyl sites for hydroxylation is 1. The second-order valence-electron chi connectivity index (χ2n) is 5.48. The van der Waals surface area contributed by atoms with E-state index in [1.165, 1.54) is 0 Å². The molecule has 7 heteroatoms. The molecule has 130 valence electrons. The standard InChI is InChI=1S/C18H19BrN4O2/c1-11-21-18(23-22-11)12-5-4-6-14(7-12)20-10-13-8-16(24-2)17(25-3)9-15(13)19/h4-9,20H,10H2,1-3H3,(H,21,22,23). The SMILES string of the molecule is COc1cc(Br)c(CNc2cccc(-c3n[nH]c(C)n3)c2)cc1OC. The quantitative estimate of drug-likeness (QED) is 0.647. The molecule has 0 spiro atoms. The van der Waals surface area contributed by atoms with Crippen LogP contribution in [0, 0.1) is 6.92 Å². The number of benzene rings is 2. The molecule has 1 heterocycles. The lowest BCUT2D eigenvalue weighted by atomic mass is 10.1. The number of aromatic amines is 1. The number of ether oxygens (including phenoxy) is 2. The van der Waals surface area contributed by atoms with Gasteiger partial charge in [-0.05, 0) is 36.8 Å². The first-order valence-corrected chi connectivity index (χ1v) is 8.53. The van der Waals surface area contributed by atoms with Gasteiger partial charge < -0.3 is 14.8 Å². The normalized spacial score (nSPS) is 10.6. The summed E-state index contributed by atoms with van der Waals surface area (Å²) in [5, 5.41) is 10.5. The third-order valence-electron chi connectivity index (χ3n) is 3.75. The van der Waals surface area contributed by atoms with Crippen LogP contribution in [0.1, 0.15) is 11.4 Å². The van der Waals surface area contributed by atoms with Crippen LogP contribution >= 0.6 is 15.9 Å². The molecular weight excluding hydrogens is 384 g/mol. The Kier molecular flexibility index (Phi) is 5.23. The number of halogens is 1. The van der Waals surface area contributed by atoms with E-state index >= 15 is 0 Å². The van der Waals surface area contributed by atoms with Gasteiger partial charge in [0.05, 0.1) is 14.2 Å². The van der Waals surface area contributed by atoms with Crippen molar-refractivity contribution in [1.82, 2.24) is 15.2 Å². The Bertz CT molecular complexity index is 879. The van der Waals surface area contributed by atoms with E-state index in [0.29, 0.717) is 23.9 Å². The number of anilines is 1. The smallest absolute Gasteiger partial charge is 0.181 e. The van der Waals surface area contributed by atoms with Crippen molar-refractivity contribution in [3.63, 3.8) is 0 Å². The Morgan fingerprint density at radius 2 is 1.88 bits per heavy atom. The zero-order valence-corrected chi connectivity index (χ0v) is 15.8. The van der Waals surface area contributed by atoms with E-state index in [0.717, 1.165) is 27.1 Å². The number of H-pyrrole nitrogens is 1. The Morgan fingerprint density at radius 3 is 2.56 bits per heavy atom. The Labute approximate surface area is 154 Å². The summed E-state index contributed by atoms with van der Waals surface area (Å²) >= 11 is 3.58. The Hall–Kier alpha value is -2.54. The highest BCUT2D eigenvalue weighted by Gasteiger charge is 2.10. The molecule has 0 aliphatic rings. The first-order chi connectivity index (χ1) is 12.1. The van der Waals surface area contributed by atoms with Gasteiger partial charge in [-0.2, -0.15) is 5.10 Å². The molecule has 0 saturated heterocycles. The highest BCUT2D eigenvalue weighted by atomic mass is 79.9. The van der Waals surface area contributed by atoms with Crippen LogP contribution in [0.15, 0.2) is 40.9 Å². The number of nitrogens with zero attached hydrogens (tertiary/aromatic N) is 2. The average molecular weight is 403 g/mol. The van der Waals surface area contributed by atoms with E-state index in [4.69, 9.17) is 9.47 Å². The van der Waals surface area contributed by atoms with Gasteiger partial charge in [-0.25, -0.2) is 4.98 Å². The summed E-state index contributed by atoms with van der Waals surface area (Å²) in [6, 6.07) is 11.9. The second-order valence-corrected chi connectivity index (χ2v) is 6.33. The monoisotopic (exact) mass is 402 g/mol. The lowest BCUT2D eigenvalue weighted by molar-refractivity contribution is 0.354. The first-order valence-electron chi connectivity index (χ1n) is 7.74. The van der Waals surface area contributed by atoms with Crippen LogP contribution in [0.25, 0.3) is 11.4 Å². The van der Waals surface area contributed by atoms with Gasteiger partial charge in [0.15, 0.2) is 17.3 Å². The molecule has 0 bridgehead atoms. The predicted molar refractivity (Wildman–Crippen MR) is 101 cm³/mol. The summed E-state index contributed by atoms with van der Waals surface area (Å²) < 4.78 is 11.6. The molecule has 0 unspecified atom stereocenters. The van der Waals surface area contributed by atoms with Crippen molar-refractivity contribution in [3.8, 4) is 22.9 Å². The number of hydrogen-bond acceptors (Lipinski definition) is 5. The number of methoxy groups -OCH3 is 2. The van der Waals surface area contributed by atoms with Crippen LogP contribution in [-0.4, -0.2) is 29.4 Å². The molecule has 0 amide bonds. The van der Waals surface area contributed by atoms with Gasteiger partial charge in [0.1, 0.15) is 5.82 Å². The topological polar surface area (TPSA) is 72.1 Å². The molecule has 6 nitrogen and oxygen atoms in total. The van der Waals surface area contributed by atoms with E-state index in [1.807, 2.05) is 43.3 Å². The molecule has 3 aromatic rings. The Balaban J connectivity index is 1.78. The zero-order valence-electron chi connectivity index (χ0n) is 14.3. The molecule has 0 radical (unpaired) electrons. The minimum Gasteiger partial charge on any atom is -0.493 e. The molecule has 0 aliphatic heterocycles. The second kappa shape index (κ2) is 7.57. The molecule has 0 saturated carbocycles. The summed E-state index contributed by atoms with van der Waals surface area (Å²) in [5.74, 6) is 2.88. The third-order valence-corrected chi connectivity index (χ3v) is 4.49. The molecule has 3 rings (SSSR count). The highest BCUT2D eigenvalue weighted by Crippen LogP contribution is 2.33. The number of aromatic nitrogens is 3. The van der Waals surface area contributed by atoms with Crippen molar-refractivity contribution in [1.29, 1.82) is 0 Å². The maximum atomic E-state index is 5.37. The molecule has 0 aliphatic carbocycles. The number of nitrogens with one attached hydrogen (secondary N) is 2. The van der Waals surface area contributed by atoms with Crippen molar-refractivity contribution in [3.05, 3.63) is 52.3 Å². The van der Waals surface area contributed by atoms with Crippen molar-refractivity contribution >= 4 is 21.6 Å². The van der Waals surface area contributed by atoms with Crippen LogP contribution in [0.2, 0.25) is 0 Å². The molecule has 2 N–H and O–H groups in total. The fourth-order valence-electron chi connectivity index (χ4n) is 2.47. The van der Waals surface area contributed by atoms with Crippen LogP contribution in [0.3, 0.4) is 0 Å². The Morgan fingerprint density at radius 1 is 1.12 bits per heavy atom.